The Hall–Kier alpha value is -1.000. The summed E-state index contributed by atoms with van der Waals surface area (Å²) in [5, 5.41) is 6.34. The molecule has 0 bridgehead atoms. The Balaban J connectivity index is 1.79. The monoisotopic (exact) mass is 264 g/mol. The Bertz CT molecular complexity index is 377. The van der Waals surface area contributed by atoms with E-state index in [0.717, 1.165) is 24.5 Å². The SMILES string of the molecule is CC(Cc1ccccc1)NC(=O)C1CSCCN1. The average molecular weight is 264 g/mol. The van der Waals surface area contributed by atoms with Crippen molar-refractivity contribution >= 4 is 17.7 Å². The number of thioether (sulfide) groups is 1. The van der Waals surface area contributed by atoms with Crippen LogP contribution in [0, 0.1) is 0 Å². The second-order valence-electron chi connectivity index (χ2n) is 4.68. The standard InChI is InChI=1S/C14H20N2OS/c1-11(9-12-5-3-2-4-6-12)16-14(17)13-10-18-8-7-15-13/h2-6,11,13,15H,7-10H2,1H3,(H,16,17). The third-order valence-corrected chi connectivity index (χ3v) is 4.07. The molecule has 18 heavy (non-hydrogen) atoms. The fraction of sp³-hybridized carbons (Fsp3) is 0.500. The second-order valence-corrected chi connectivity index (χ2v) is 5.83. The minimum atomic E-state index is -0.0260. The van der Waals surface area contributed by atoms with Crippen molar-refractivity contribution in [3.63, 3.8) is 0 Å². The molecule has 0 saturated carbocycles. The molecule has 0 radical (unpaired) electrons. The lowest BCUT2D eigenvalue weighted by Gasteiger charge is -2.24. The number of carbonyl (C=O) groups is 1. The van der Waals surface area contributed by atoms with E-state index < -0.39 is 0 Å². The van der Waals surface area contributed by atoms with E-state index in [9.17, 15) is 4.79 Å². The van der Waals surface area contributed by atoms with Gasteiger partial charge in [-0.05, 0) is 18.9 Å². The van der Waals surface area contributed by atoms with Crippen LogP contribution in [0.3, 0.4) is 0 Å². The van der Waals surface area contributed by atoms with Gasteiger partial charge in [-0.2, -0.15) is 11.8 Å². The van der Waals surface area contributed by atoms with Gasteiger partial charge in [0.1, 0.15) is 0 Å². The fourth-order valence-electron chi connectivity index (χ4n) is 2.10. The fourth-order valence-corrected chi connectivity index (χ4v) is 3.03. The second kappa shape index (κ2) is 6.81. The number of rotatable bonds is 4. The smallest absolute Gasteiger partial charge is 0.238 e. The topological polar surface area (TPSA) is 41.1 Å². The first-order valence-electron chi connectivity index (χ1n) is 6.41. The zero-order chi connectivity index (χ0) is 12.8. The molecule has 1 aromatic rings. The summed E-state index contributed by atoms with van der Waals surface area (Å²) in [5.41, 5.74) is 1.26. The van der Waals surface area contributed by atoms with Crippen LogP contribution in [0.5, 0.6) is 0 Å². The summed E-state index contributed by atoms with van der Waals surface area (Å²) in [6, 6.07) is 10.4. The largest absolute Gasteiger partial charge is 0.352 e. The first-order valence-corrected chi connectivity index (χ1v) is 7.56. The molecule has 1 saturated heterocycles. The molecule has 0 aromatic heterocycles. The van der Waals surface area contributed by atoms with E-state index in [0.29, 0.717) is 0 Å². The maximum absolute atomic E-state index is 12.0. The van der Waals surface area contributed by atoms with Gasteiger partial charge in [0, 0.05) is 24.1 Å². The van der Waals surface area contributed by atoms with Crippen LogP contribution >= 0.6 is 11.8 Å². The van der Waals surface area contributed by atoms with Crippen molar-refractivity contribution in [3.8, 4) is 0 Å². The van der Waals surface area contributed by atoms with E-state index in [2.05, 4.69) is 29.7 Å². The molecule has 0 spiro atoms. The Morgan fingerprint density at radius 1 is 1.50 bits per heavy atom. The lowest BCUT2D eigenvalue weighted by molar-refractivity contribution is -0.123. The molecule has 2 unspecified atom stereocenters. The Kier molecular flexibility index (Phi) is 5.08. The maximum atomic E-state index is 12.0. The van der Waals surface area contributed by atoms with Gasteiger partial charge in [-0.1, -0.05) is 30.3 Å². The van der Waals surface area contributed by atoms with E-state index >= 15 is 0 Å². The number of amides is 1. The van der Waals surface area contributed by atoms with Crippen LogP contribution in [0.4, 0.5) is 0 Å². The van der Waals surface area contributed by atoms with E-state index in [-0.39, 0.29) is 18.0 Å². The van der Waals surface area contributed by atoms with Gasteiger partial charge in [-0.3, -0.25) is 4.79 Å². The summed E-state index contributed by atoms with van der Waals surface area (Å²) in [6.45, 7) is 2.98. The van der Waals surface area contributed by atoms with Crippen molar-refractivity contribution in [1.82, 2.24) is 10.6 Å². The van der Waals surface area contributed by atoms with E-state index in [1.165, 1.54) is 5.56 Å². The number of hydrogen-bond donors (Lipinski definition) is 2. The van der Waals surface area contributed by atoms with Gasteiger partial charge in [-0.25, -0.2) is 0 Å². The predicted molar refractivity (Wildman–Crippen MR) is 76.9 cm³/mol. The lowest BCUT2D eigenvalue weighted by Crippen LogP contribution is -2.51. The molecule has 2 atom stereocenters. The van der Waals surface area contributed by atoms with Crippen LogP contribution in [0.15, 0.2) is 30.3 Å². The van der Waals surface area contributed by atoms with Crippen molar-refractivity contribution in [2.45, 2.75) is 25.4 Å². The first kappa shape index (κ1) is 13.4. The highest BCUT2D eigenvalue weighted by atomic mass is 32.2. The van der Waals surface area contributed by atoms with Gasteiger partial charge >= 0.3 is 0 Å². The Labute approximate surface area is 113 Å². The van der Waals surface area contributed by atoms with Gasteiger partial charge in [0.15, 0.2) is 0 Å². The van der Waals surface area contributed by atoms with Crippen LogP contribution < -0.4 is 10.6 Å². The normalized spacial score (nSPS) is 21.3. The molecule has 1 aromatic carbocycles. The third-order valence-electron chi connectivity index (χ3n) is 3.01. The zero-order valence-corrected chi connectivity index (χ0v) is 11.5. The summed E-state index contributed by atoms with van der Waals surface area (Å²) in [7, 11) is 0. The minimum Gasteiger partial charge on any atom is -0.352 e. The van der Waals surface area contributed by atoms with Gasteiger partial charge in [0.05, 0.1) is 6.04 Å². The molecule has 3 nitrogen and oxygen atoms in total. The summed E-state index contributed by atoms with van der Waals surface area (Å²) >= 11 is 1.84. The zero-order valence-electron chi connectivity index (χ0n) is 10.7. The average Bonchev–Trinajstić information content (AvgIpc) is 2.40. The lowest BCUT2D eigenvalue weighted by atomic mass is 10.1. The highest BCUT2D eigenvalue weighted by molar-refractivity contribution is 7.99. The van der Waals surface area contributed by atoms with Gasteiger partial charge in [-0.15, -0.1) is 0 Å². The summed E-state index contributed by atoms with van der Waals surface area (Å²) in [4.78, 5) is 12.0. The van der Waals surface area contributed by atoms with Gasteiger partial charge in [0.2, 0.25) is 5.91 Å². The van der Waals surface area contributed by atoms with Crippen molar-refractivity contribution in [3.05, 3.63) is 35.9 Å². The molecule has 2 rings (SSSR count). The van der Waals surface area contributed by atoms with Gasteiger partial charge < -0.3 is 10.6 Å². The third kappa shape index (κ3) is 4.03. The summed E-state index contributed by atoms with van der Waals surface area (Å²) < 4.78 is 0. The molecule has 4 heteroatoms. The van der Waals surface area contributed by atoms with Crippen LogP contribution in [-0.4, -0.2) is 36.0 Å². The van der Waals surface area contributed by atoms with E-state index in [1.54, 1.807) is 0 Å². The highest BCUT2D eigenvalue weighted by Crippen LogP contribution is 2.08. The Morgan fingerprint density at radius 2 is 2.28 bits per heavy atom. The molecule has 1 fully saturated rings. The number of carbonyl (C=O) groups excluding carboxylic acids is 1. The summed E-state index contributed by atoms with van der Waals surface area (Å²) in [5.74, 6) is 2.11. The van der Waals surface area contributed by atoms with Crippen molar-refractivity contribution in [1.29, 1.82) is 0 Å². The number of benzene rings is 1. The van der Waals surface area contributed by atoms with Crippen LogP contribution in [-0.2, 0) is 11.2 Å². The molecular formula is C14H20N2OS. The quantitative estimate of drug-likeness (QED) is 0.864. The van der Waals surface area contributed by atoms with Crippen molar-refractivity contribution in [2.24, 2.45) is 0 Å². The van der Waals surface area contributed by atoms with Crippen LogP contribution in [0.25, 0.3) is 0 Å². The van der Waals surface area contributed by atoms with Gasteiger partial charge in [0.25, 0.3) is 0 Å². The molecule has 2 N–H and O–H groups in total. The molecule has 1 aliphatic heterocycles. The summed E-state index contributed by atoms with van der Waals surface area (Å²) in [6.07, 6.45) is 0.881. The Morgan fingerprint density at radius 3 is 2.94 bits per heavy atom. The predicted octanol–water partition coefficient (Wildman–Crippen LogP) is 1.44. The molecule has 0 aliphatic carbocycles. The van der Waals surface area contributed by atoms with Crippen LogP contribution in [0.1, 0.15) is 12.5 Å². The van der Waals surface area contributed by atoms with E-state index in [4.69, 9.17) is 0 Å². The van der Waals surface area contributed by atoms with Crippen molar-refractivity contribution in [2.75, 3.05) is 18.1 Å². The van der Waals surface area contributed by atoms with Crippen molar-refractivity contribution < 1.29 is 4.79 Å². The molecule has 1 heterocycles. The first-order chi connectivity index (χ1) is 8.75. The highest BCUT2D eigenvalue weighted by Gasteiger charge is 2.21. The molecule has 1 amide bonds. The number of nitrogens with one attached hydrogen (secondary N) is 2. The maximum Gasteiger partial charge on any atom is 0.238 e. The minimum absolute atomic E-state index is 0.0260. The molecule has 1 aliphatic rings. The molecule has 98 valence electrons. The number of hydrogen-bond acceptors (Lipinski definition) is 3. The van der Waals surface area contributed by atoms with E-state index in [1.807, 2.05) is 30.0 Å². The molecular weight excluding hydrogens is 244 g/mol. The van der Waals surface area contributed by atoms with Crippen LogP contribution in [0.2, 0.25) is 0 Å².